The predicted octanol–water partition coefficient (Wildman–Crippen LogP) is 6.18. The summed E-state index contributed by atoms with van der Waals surface area (Å²) in [4.78, 5) is 10.0. The quantitative estimate of drug-likeness (QED) is 0.367. The van der Waals surface area contributed by atoms with Crippen LogP contribution >= 0.6 is 11.3 Å². The lowest BCUT2D eigenvalue weighted by atomic mass is 10.0. The number of aromatic nitrogens is 3. The van der Waals surface area contributed by atoms with E-state index in [1.165, 1.54) is 23.5 Å². The molecule has 0 radical (unpaired) electrons. The average Bonchev–Trinajstić information content (AvgIpc) is 3.31. The summed E-state index contributed by atoms with van der Waals surface area (Å²) < 4.78 is 14.6. The van der Waals surface area contributed by atoms with E-state index in [4.69, 9.17) is 4.98 Å². The molecular weight excluding hydrogens is 385 g/mol. The first-order valence-electron chi connectivity index (χ1n) is 9.09. The topological polar surface area (TPSA) is 50.9 Å². The monoisotopic (exact) mass is 401 g/mol. The molecule has 0 fully saturated rings. The molecule has 0 amide bonds. The number of halogens is 1. The SMILES string of the molecule is Cc1csc(-c2nc(-c3ccc(F)cc3)c(-c3ccnc4ccccc34)n2O)c1. The standard InChI is InChI=1S/C23H16FN3OS/c1-14-12-20(29-13-14)23-26-21(15-6-8-16(24)9-7-15)22(27(23)28)18-10-11-25-19-5-3-2-4-17(18)19/h2-13,28H,1H3. The number of benzene rings is 2. The van der Waals surface area contributed by atoms with Gasteiger partial charge in [0.25, 0.3) is 0 Å². The van der Waals surface area contributed by atoms with Gasteiger partial charge in [0.05, 0.1) is 10.4 Å². The molecule has 2 aromatic carbocycles. The van der Waals surface area contributed by atoms with Crippen LogP contribution in [0.5, 0.6) is 0 Å². The minimum atomic E-state index is -0.317. The maximum atomic E-state index is 13.5. The Balaban J connectivity index is 1.83. The minimum Gasteiger partial charge on any atom is -0.426 e. The number of rotatable bonds is 3. The molecule has 6 heteroatoms. The molecule has 142 valence electrons. The van der Waals surface area contributed by atoms with E-state index in [2.05, 4.69) is 4.98 Å². The van der Waals surface area contributed by atoms with E-state index in [1.54, 1.807) is 18.3 Å². The molecule has 5 rings (SSSR count). The van der Waals surface area contributed by atoms with E-state index < -0.39 is 0 Å². The van der Waals surface area contributed by atoms with Crippen LogP contribution in [0.4, 0.5) is 4.39 Å². The van der Waals surface area contributed by atoms with Crippen molar-refractivity contribution in [3.8, 4) is 33.2 Å². The first-order chi connectivity index (χ1) is 14.1. The van der Waals surface area contributed by atoms with Gasteiger partial charge in [-0.05, 0) is 60.3 Å². The van der Waals surface area contributed by atoms with E-state index >= 15 is 0 Å². The van der Waals surface area contributed by atoms with Crippen molar-refractivity contribution in [2.45, 2.75) is 6.92 Å². The third-order valence-corrected chi connectivity index (χ3v) is 5.87. The molecule has 5 aromatic rings. The number of pyridine rings is 1. The molecule has 1 N–H and O–H groups in total. The van der Waals surface area contributed by atoms with Crippen molar-refractivity contribution < 1.29 is 9.60 Å². The van der Waals surface area contributed by atoms with Gasteiger partial charge in [-0.3, -0.25) is 4.98 Å². The molecule has 0 spiro atoms. The Morgan fingerprint density at radius 2 is 1.83 bits per heavy atom. The number of aryl methyl sites for hydroxylation is 1. The molecule has 29 heavy (non-hydrogen) atoms. The lowest BCUT2D eigenvalue weighted by molar-refractivity contribution is 0.196. The van der Waals surface area contributed by atoms with E-state index in [0.717, 1.165) is 37.2 Å². The third-order valence-electron chi connectivity index (χ3n) is 4.83. The highest BCUT2D eigenvalue weighted by Crippen LogP contribution is 2.39. The summed E-state index contributed by atoms with van der Waals surface area (Å²) in [5, 5.41) is 14.1. The molecule has 3 aromatic heterocycles. The Morgan fingerprint density at radius 1 is 1.03 bits per heavy atom. The van der Waals surface area contributed by atoms with E-state index in [1.807, 2.05) is 48.7 Å². The Hall–Kier alpha value is -3.51. The fourth-order valence-electron chi connectivity index (χ4n) is 3.47. The van der Waals surface area contributed by atoms with Crippen molar-refractivity contribution in [3.63, 3.8) is 0 Å². The normalized spacial score (nSPS) is 11.2. The predicted molar refractivity (Wildman–Crippen MR) is 114 cm³/mol. The minimum absolute atomic E-state index is 0.317. The second kappa shape index (κ2) is 6.83. The molecule has 0 unspecified atom stereocenters. The summed E-state index contributed by atoms with van der Waals surface area (Å²) in [6.45, 7) is 2.00. The Kier molecular flexibility index (Phi) is 4.14. The first kappa shape index (κ1) is 17.6. The van der Waals surface area contributed by atoms with Crippen LogP contribution < -0.4 is 0 Å². The number of imidazole rings is 1. The summed E-state index contributed by atoms with van der Waals surface area (Å²) in [5.41, 5.74) is 4.60. The summed E-state index contributed by atoms with van der Waals surface area (Å²) in [7, 11) is 0. The number of hydrogen-bond donors (Lipinski definition) is 1. The highest BCUT2D eigenvalue weighted by molar-refractivity contribution is 7.13. The van der Waals surface area contributed by atoms with Crippen LogP contribution in [-0.2, 0) is 0 Å². The van der Waals surface area contributed by atoms with Crippen molar-refractivity contribution in [1.82, 2.24) is 14.7 Å². The van der Waals surface area contributed by atoms with Crippen molar-refractivity contribution in [3.05, 3.63) is 83.6 Å². The largest absolute Gasteiger partial charge is 0.426 e. The molecule has 0 atom stereocenters. The van der Waals surface area contributed by atoms with Gasteiger partial charge in [-0.15, -0.1) is 11.3 Å². The molecule has 0 aliphatic carbocycles. The van der Waals surface area contributed by atoms with Crippen molar-refractivity contribution in [2.24, 2.45) is 0 Å². The van der Waals surface area contributed by atoms with E-state index in [0.29, 0.717) is 17.2 Å². The van der Waals surface area contributed by atoms with Gasteiger partial charge in [-0.1, -0.05) is 18.2 Å². The summed E-state index contributed by atoms with van der Waals surface area (Å²) in [6, 6.07) is 17.8. The fourth-order valence-corrected chi connectivity index (χ4v) is 4.35. The van der Waals surface area contributed by atoms with Crippen LogP contribution in [0.15, 0.2) is 72.2 Å². The van der Waals surface area contributed by atoms with Crippen LogP contribution in [0.2, 0.25) is 0 Å². The number of fused-ring (bicyclic) bond motifs is 1. The molecule has 0 aliphatic rings. The summed E-state index contributed by atoms with van der Waals surface area (Å²) in [5.74, 6) is 0.139. The molecule has 3 heterocycles. The van der Waals surface area contributed by atoms with Crippen molar-refractivity contribution in [1.29, 1.82) is 0 Å². The maximum Gasteiger partial charge on any atom is 0.186 e. The number of para-hydroxylation sites is 1. The highest BCUT2D eigenvalue weighted by Gasteiger charge is 2.23. The molecule has 0 saturated carbocycles. The number of nitrogens with zero attached hydrogens (tertiary/aromatic N) is 3. The van der Waals surface area contributed by atoms with Gasteiger partial charge in [0.15, 0.2) is 5.82 Å². The Labute approximate surface area is 170 Å². The smallest absolute Gasteiger partial charge is 0.186 e. The van der Waals surface area contributed by atoms with E-state index in [-0.39, 0.29) is 5.82 Å². The van der Waals surface area contributed by atoms with Crippen LogP contribution in [0.25, 0.3) is 44.1 Å². The highest BCUT2D eigenvalue weighted by atomic mass is 32.1. The van der Waals surface area contributed by atoms with Crippen LogP contribution in [0, 0.1) is 12.7 Å². The molecular formula is C23H16FN3OS. The second-order valence-corrected chi connectivity index (χ2v) is 7.73. The van der Waals surface area contributed by atoms with Gasteiger partial charge in [0.2, 0.25) is 0 Å². The Bertz CT molecular complexity index is 1330. The van der Waals surface area contributed by atoms with Crippen molar-refractivity contribution in [2.75, 3.05) is 0 Å². The molecule has 0 bridgehead atoms. The van der Waals surface area contributed by atoms with Gasteiger partial charge in [-0.25, -0.2) is 9.37 Å². The third kappa shape index (κ3) is 2.98. The van der Waals surface area contributed by atoms with Gasteiger partial charge < -0.3 is 5.21 Å². The van der Waals surface area contributed by atoms with Crippen molar-refractivity contribution >= 4 is 22.2 Å². The summed E-state index contributed by atoms with van der Waals surface area (Å²) in [6.07, 6.45) is 1.72. The van der Waals surface area contributed by atoms with Crippen LogP contribution in [0.3, 0.4) is 0 Å². The average molecular weight is 401 g/mol. The molecule has 0 saturated heterocycles. The van der Waals surface area contributed by atoms with Gasteiger partial charge >= 0.3 is 0 Å². The molecule has 4 nitrogen and oxygen atoms in total. The van der Waals surface area contributed by atoms with E-state index in [9.17, 15) is 9.60 Å². The lowest BCUT2D eigenvalue weighted by Gasteiger charge is -2.09. The first-order valence-corrected chi connectivity index (χ1v) is 9.97. The van der Waals surface area contributed by atoms with Gasteiger partial charge in [0, 0.05) is 22.7 Å². The fraction of sp³-hybridized carbons (Fsp3) is 0.0435. The molecule has 0 aliphatic heterocycles. The lowest BCUT2D eigenvalue weighted by Crippen LogP contribution is -1.97. The maximum absolute atomic E-state index is 13.5. The zero-order valence-electron chi connectivity index (χ0n) is 15.5. The zero-order chi connectivity index (χ0) is 20.0. The van der Waals surface area contributed by atoms with Crippen LogP contribution in [0.1, 0.15) is 5.56 Å². The van der Waals surface area contributed by atoms with Gasteiger partial charge in [0.1, 0.15) is 17.2 Å². The zero-order valence-corrected chi connectivity index (χ0v) is 16.3. The summed E-state index contributed by atoms with van der Waals surface area (Å²) >= 11 is 1.52. The Morgan fingerprint density at radius 3 is 2.59 bits per heavy atom. The second-order valence-electron chi connectivity index (χ2n) is 6.82. The number of thiophene rings is 1. The van der Waals surface area contributed by atoms with Gasteiger partial charge in [-0.2, -0.15) is 4.73 Å². The van der Waals surface area contributed by atoms with Crippen LogP contribution in [-0.4, -0.2) is 19.9 Å². The number of hydrogen-bond acceptors (Lipinski definition) is 4.